The topological polar surface area (TPSA) is 81.8 Å². The Labute approximate surface area is 267 Å². The summed E-state index contributed by atoms with van der Waals surface area (Å²) in [6.45, 7) is 0.692. The second-order valence-corrected chi connectivity index (χ2v) is 12.0. The highest BCUT2D eigenvalue weighted by Gasteiger charge is 2.31. The number of rotatable bonds is 11. The number of fused-ring (bicyclic) bond motifs is 1. The molecule has 0 aromatic heterocycles. The predicted octanol–water partition coefficient (Wildman–Crippen LogP) is 6.63. The largest absolute Gasteiger partial charge is 0.387 e. The number of allylic oxidation sites excluding steroid dienone is 7. The lowest BCUT2D eigenvalue weighted by atomic mass is 9.96. The van der Waals surface area contributed by atoms with Gasteiger partial charge >= 0.3 is 0 Å². The summed E-state index contributed by atoms with van der Waals surface area (Å²) < 4.78 is 0. The van der Waals surface area contributed by atoms with Crippen molar-refractivity contribution in [2.45, 2.75) is 17.7 Å². The van der Waals surface area contributed by atoms with Gasteiger partial charge in [-0.05, 0) is 78.3 Å². The molecule has 1 aliphatic heterocycles. The number of hydrogen-bond donors (Lipinski definition) is 2. The van der Waals surface area contributed by atoms with Crippen LogP contribution in [0, 0.1) is 0 Å². The van der Waals surface area contributed by atoms with Crippen LogP contribution in [0.15, 0.2) is 136 Å². The average Bonchev–Trinajstić information content (AvgIpc) is 3.83. The molecule has 2 aliphatic carbocycles. The van der Waals surface area contributed by atoms with Crippen LogP contribution in [0.2, 0.25) is 0 Å². The van der Waals surface area contributed by atoms with Gasteiger partial charge in [-0.1, -0.05) is 60.3 Å². The maximum atomic E-state index is 12.6. The van der Waals surface area contributed by atoms with Crippen molar-refractivity contribution in [1.82, 2.24) is 10.2 Å². The van der Waals surface area contributed by atoms with Crippen LogP contribution in [0.1, 0.15) is 18.4 Å². The second kappa shape index (κ2) is 13.3. The van der Waals surface area contributed by atoms with Crippen molar-refractivity contribution in [2.24, 2.45) is 0 Å². The van der Waals surface area contributed by atoms with Gasteiger partial charge in [-0.15, -0.1) is 0 Å². The van der Waals surface area contributed by atoms with Gasteiger partial charge in [-0.3, -0.25) is 19.3 Å². The van der Waals surface area contributed by atoms with Crippen molar-refractivity contribution >= 4 is 51.9 Å². The molecule has 0 radical (unpaired) electrons. The minimum atomic E-state index is -0.247. The van der Waals surface area contributed by atoms with Gasteiger partial charge in [0.1, 0.15) is 5.82 Å². The SMILES string of the molecule is CNc1ccccc1SC1=CC/1=C1\C=C(N(C)CCCC(=O)NCC2=CC(=O)C=CC2=O)N(c2ccccc2)c2ccccc21. The van der Waals surface area contributed by atoms with Crippen molar-refractivity contribution in [3.8, 4) is 0 Å². The minimum Gasteiger partial charge on any atom is -0.387 e. The monoisotopic (exact) mass is 614 g/mol. The van der Waals surface area contributed by atoms with E-state index in [1.165, 1.54) is 44.7 Å². The molecule has 0 saturated heterocycles. The minimum absolute atomic E-state index is 0.0520. The fourth-order valence-electron chi connectivity index (χ4n) is 5.48. The van der Waals surface area contributed by atoms with Gasteiger partial charge in [0.05, 0.1) is 5.69 Å². The number of hydrogen-bond acceptors (Lipinski definition) is 7. The Morgan fingerprint density at radius 2 is 1.62 bits per heavy atom. The number of nitrogens with zero attached hydrogens (tertiary/aromatic N) is 2. The van der Waals surface area contributed by atoms with E-state index < -0.39 is 0 Å². The maximum absolute atomic E-state index is 12.6. The number of carbonyl (C=O) groups is 3. The van der Waals surface area contributed by atoms with Crippen molar-refractivity contribution in [3.05, 3.63) is 137 Å². The second-order valence-electron chi connectivity index (χ2n) is 10.9. The molecule has 0 spiro atoms. The van der Waals surface area contributed by atoms with Gasteiger partial charge in [0.15, 0.2) is 11.6 Å². The Bertz CT molecular complexity index is 1820. The highest BCUT2D eigenvalue weighted by molar-refractivity contribution is 8.04. The summed E-state index contributed by atoms with van der Waals surface area (Å²) in [5.41, 5.74) is 7.14. The van der Waals surface area contributed by atoms with E-state index in [1.807, 2.05) is 31.3 Å². The van der Waals surface area contributed by atoms with Crippen molar-refractivity contribution in [3.63, 3.8) is 0 Å². The Morgan fingerprint density at radius 3 is 2.44 bits per heavy atom. The first-order valence-corrected chi connectivity index (χ1v) is 15.8. The van der Waals surface area contributed by atoms with Gasteiger partial charge in [0.25, 0.3) is 0 Å². The zero-order chi connectivity index (χ0) is 31.3. The molecule has 8 heteroatoms. The van der Waals surface area contributed by atoms with E-state index in [1.54, 1.807) is 11.8 Å². The number of amides is 1. The first kappa shape index (κ1) is 30.0. The van der Waals surface area contributed by atoms with Gasteiger partial charge in [-0.25, -0.2) is 0 Å². The molecule has 226 valence electrons. The molecular weight excluding hydrogens is 580 g/mol. The van der Waals surface area contributed by atoms with Crippen molar-refractivity contribution < 1.29 is 14.4 Å². The Balaban J connectivity index is 1.22. The lowest BCUT2D eigenvalue weighted by Crippen LogP contribution is -2.34. The molecule has 6 rings (SSSR count). The number of ketones is 2. The molecule has 0 unspecified atom stereocenters. The summed E-state index contributed by atoms with van der Waals surface area (Å²) in [6.07, 6.45) is 9.18. The zero-order valence-corrected chi connectivity index (χ0v) is 26.1. The Morgan fingerprint density at radius 1 is 0.867 bits per heavy atom. The molecule has 0 bridgehead atoms. The number of nitrogens with one attached hydrogen (secondary N) is 2. The number of anilines is 3. The van der Waals surface area contributed by atoms with Crippen molar-refractivity contribution in [1.29, 1.82) is 0 Å². The van der Waals surface area contributed by atoms with E-state index in [0.717, 1.165) is 22.9 Å². The first-order valence-electron chi connectivity index (χ1n) is 14.9. The van der Waals surface area contributed by atoms with Crippen LogP contribution >= 0.6 is 11.8 Å². The summed E-state index contributed by atoms with van der Waals surface area (Å²) in [4.78, 5) is 43.1. The molecule has 0 fully saturated rings. The highest BCUT2D eigenvalue weighted by Crippen LogP contribution is 2.51. The smallest absolute Gasteiger partial charge is 0.220 e. The van der Waals surface area contributed by atoms with Gasteiger partial charge < -0.3 is 15.5 Å². The van der Waals surface area contributed by atoms with E-state index in [4.69, 9.17) is 0 Å². The summed E-state index contributed by atoms with van der Waals surface area (Å²) in [6, 6.07) is 27.1. The third kappa shape index (κ3) is 6.71. The average molecular weight is 615 g/mol. The van der Waals surface area contributed by atoms with Crippen LogP contribution in [0.4, 0.5) is 17.1 Å². The van der Waals surface area contributed by atoms with Gasteiger partial charge in [-0.2, -0.15) is 0 Å². The standard InChI is InChI=1S/C37H34N4O3S/c1-38-31-14-7-9-16-34(31)45-35-22-30(35)29-23-37(41(26-11-4-3-5-12-26)32-15-8-6-13-28(29)32)40(2)20-10-17-36(44)39-24-25-21-27(42)18-19-33(25)43/h3-9,11-16,18-19,21-23,38H,10,17,20,24H2,1-2H3,(H,39,44)/b30-29-. The number of para-hydroxylation sites is 3. The molecule has 3 aromatic rings. The summed E-state index contributed by atoms with van der Waals surface area (Å²) in [7, 11) is 4.00. The molecule has 2 N–H and O–H groups in total. The quantitative estimate of drug-likeness (QED) is 0.235. The van der Waals surface area contributed by atoms with Crippen LogP contribution in [0.25, 0.3) is 5.57 Å². The number of thioether (sulfide) groups is 1. The zero-order valence-electron chi connectivity index (χ0n) is 25.2. The molecule has 1 heterocycles. The Hall–Kier alpha value is -5.08. The molecule has 1 amide bonds. The lowest BCUT2D eigenvalue weighted by Gasteiger charge is -2.38. The molecular formula is C37H34N4O3S. The van der Waals surface area contributed by atoms with E-state index in [0.29, 0.717) is 25.0 Å². The van der Waals surface area contributed by atoms with Crippen LogP contribution in [-0.2, 0) is 14.4 Å². The van der Waals surface area contributed by atoms with Gasteiger partial charge in [0.2, 0.25) is 5.91 Å². The third-order valence-corrected chi connectivity index (χ3v) is 9.01. The van der Waals surface area contributed by atoms with Gasteiger partial charge in [0, 0.05) is 65.9 Å². The molecule has 3 aromatic carbocycles. The normalized spacial score (nSPS) is 16.8. The summed E-state index contributed by atoms with van der Waals surface area (Å²) >= 11 is 1.77. The van der Waals surface area contributed by atoms with E-state index in [9.17, 15) is 14.4 Å². The van der Waals surface area contributed by atoms with Crippen LogP contribution in [0.5, 0.6) is 0 Å². The molecule has 0 saturated carbocycles. The van der Waals surface area contributed by atoms with Crippen LogP contribution in [0.3, 0.4) is 0 Å². The van der Waals surface area contributed by atoms with Crippen LogP contribution in [-0.4, -0.2) is 49.6 Å². The predicted molar refractivity (Wildman–Crippen MR) is 182 cm³/mol. The van der Waals surface area contributed by atoms with E-state index in [2.05, 4.69) is 94.2 Å². The number of carbonyl (C=O) groups excluding carboxylic acids is 3. The van der Waals surface area contributed by atoms with Crippen molar-refractivity contribution in [2.75, 3.05) is 37.4 Å². The molecule has 0 atom stereocenters. The lowest BCUT2D eigenvalue weighted by molar-refractivity contribution is -0.121. The molecule has 3 aliphatic rings. The molecule has 7 nitrogen and oxygen atoms in total. The van der Waals surface area contributed by atoms with Crippen LogP contribution < -0.4 is 15.5 Å². The fraction of sp³-hybridized carbons (Fsp3) is 0.162. The Kier molecular flexibility index (Phi) is 8.84. The first-order chi connectivity index (χ1) is 21.9. The molecule has 45 heavy (non-hydrogen) atoms. The number of benzene rings is 3. The highest BCUT2D eigenvalue weighted by atomic mass is 32.2. The third-order valence-electron chi connectivity index (χ3n) is 7.87. The van der Waals surface area contributed by atoms with E-state index >= 15 is 0 Å². The maximum Gasteiger partial charge on any atom is 0.220 e. The summed E-state index contributed by atoms with van der Waals surface area (Å²) in [5.74, 6) is 0.375. The fourth-order valence-corrected chi connectivity index (χ4v) is 6.54. The summed E-state index contributed by atoms with van der Waals surface area (Å²) in [5, 5.41) is 6.08. The van der Waals surface area contributed by atoms with E-state index in [-0.39, 0.29) is 24.0 Å².